The number of aryl methyl sites for hydroxylation is 1. The number of nitriles is 1. The predicted molar refractivity (Wildman–Crippen MR) is 136 cm³/mol. The van der Waals surface area contributed by atoms with Gasteiger partial charge in [0.25, 0.3) is 11.6 Å². The molecule has 0 aliphatic rings. The molecule has 1 N–H and O–H groups in total. The standard InChI is InChI=1S/C26H22BrN3O5/c1-3-34-24-13-19(12-22(27)25(24)35-16-18-7-5-4-6-8-18)11-20(15-28)26(31)29-23-14-21(30(32)33)10-9-17(23)2/h4-14H,3,16H2,1-2H3,(H,29,31)/b20-11+. The minimum Gasteiger partial charge on any atom is -0.490 e. The van der Waals surface area contributed by atoms with Crippen molar-refractivity contribution in [3.05, 3.63) is 97.5 Å². The van der Waals surface area contributed by atoms with Crippen LogP contribution in [0.4, 0.5) is 11.4 Å². The van der Waals surface area contributed by atoms with Gasteiger partial charge >= 0.3 is 0 Å². The number of carbonyl (C=O) groups excluding carboxylic acids is 1. The van der Waals surface area contributed by atoms with Crippen LogP contribution in [0.5, 0.6) is 11.5 Å². The van der Waals surface area contributed by atoms with E-state index in [0.29, 0.717) is 40.3 Å². The monoisotopic (exact) mass is 535 g/mol. The number of nitro groups is 1. The molecule has 0 spiro atoms. The lowest BCUT2D eigenvalue weighted by Crippen LogP contribution is -2.14. The van der Waals surface area contributed by atoms with Gasteiger partial charge in [0.15, 0.2) is 11.5 Å². The fourth-order valence-corrected chi connectivity index (χ4v) is 3.74. The van der Waals surface area contributed by atoms with Gasteiger partial charge in [0.05, 0.1) is 21.7 Å². The van der Waals surface area contributed by atoms with E-state index in [1.165, 1.54) is 24.3 Å². The number of benzene rings is 3. The van der Waals surface area contributed by atoms with Crippen molar-refractivity contribution >= 4 is 39.3 Å². The Balaban J connectivity index is 1.87. The van der Waals surface area contributed by atoms with Gasteiger partial charge < -0.3 is 14.8 Å². The van der Waals surface area contributed by atoms with Crippen molar-refractivity contribution in [3.63, 3.8) is 0 Å². The normalized spacial score (nSPS) is 10.9. The zero-order chi connectivity index (χ0) is 25.4. The first-order valence-electron chi connectivity index (χ1n) is 10.6. The summed E-state index contributed by atoms with van der Waals surface area (Å²) in [5.41, 5.74) is 2.07. The Morgan fingerprint density at radius 3 is 2.57 bits per heavy atom. The Kier molecular flexibility index (Phi) is 8.59. The van der Waals surface area contributed by atoms with Gasteiger partial charge in [-0.3, -0.25) is 14.9 Å². The van der Waals surface area contributed by atoms with E-state index in [0.717, 1.165) is 5.56 Å². The zero-order valence-corrected chi connectivity index (χ0v) is 20.7. The number of non-ortho nitro benzene ring substituents is 1. The van der Waals surface area contributed by atoms with Gasteiger partial charge in [-0.2, -0.15) is 5.26 Å². The van der Waals surface area contributed by atoms with Crippen LogP contribution in [0, 0.1) is 28.4 Å². The topological polar surface area (TPSA) is 114 Å². The van der Waals surface area contributed by atoms with E-state index in [1.807, 2.05) is 43.3 Å². The molecule has 3 rings (SSSR count). The quantitative estimate of drug-likeness (QED) is 0.151. The van der Waals surface area contributed by atoms with Crippen molar-refractivity contribution in [1.29, 1.82) is 5.26 Å². The molecule has 0 radical (unpaired) electrons. The molecule has 0 aliphatic heterocycles. The van der Waals surface area contributed by atoms with Crippen LogP contribution in [-0.4, -0.2) is 17.4 Å². The van der Waals surface area contributed by atoms with Crippen molar-refractivity contribution < 1.29 is 19.2 Å². The van der Waals surface area contributed by atoms with Gasteiger partial charge in [0.2, 0.25) is 0 Å². The summed E-state index contributed by atoms with van der Waals surface area (Å²) in [6.07, 6.45) is 1.41. The number of hydrogen-bond donors (Lipinski definition) is 1. The first-order valence-corrected chi connectivity index (χ1v) is 11.4. The zero-order valence-electron chi connectivity index (χ0n) is 19.1. The number of amides is 1. The number of rotatable bonds is 9. The molecule has 0 bridgehead atoms. The van der Waals surface area contributed by atoms with Crippen LogP contribution in [0.1, 0.15) is 23.6 Å². The number of nitrogens with zero attached hydrogens (tertiary/aromatic N) is 2. The highest BCUT2D eigenvalue weighted by atomic mass is 79.9. The summed E-state index contributed by atoms with van der Waals surface area (Å²) in [4.78, 5) is 23.3. The van der Waals surface area contributed by atoms with Crippen molar-refractivity contribution in [2.24, 2.45) is 0 Å². The summed E-state index contributed by atoms with van der Waals surface area (Å²) >= 11 is 3.49. The van der Waals surface area contributed by atoms with Crippen molar-refractivity contribution in [3.8, 4) is 17.6 Å². The van der Waals surface area contributed by atoms with Crippen molar-refractivity contribution in [1.82, 2.24) is 0 Å². The third-order valence-corrected chi connectivity index (χ3v) is 5.50. The summed E-state index contributed by atoms with van der Waals surface area (Å²) < 4.78 is 12.3. The average molecular weight is 536 g/mol. The Hall–Kier alpha value is -4.16. The average Bonchev–Trinajstić information content (AvgIpc) is 2.84. The van der Waals surface area contributed by atoms with Gasteiger partial charge in [-0.1, -0.05) is 36.4 Å². The minimum absolute atomic E-state index is 0.162. The van der Waals surface area contributed by atoms with E-state index < -0.39 is 10.8 Å². The van der Waals surface area contributed by atoms with E-state index in [2.05, 4.69) is 21.2 Å². The predicted octanol–water partition coefficient (Wildman–Crippen LogP) is 6.19. The molecular weight excluding hydrogens is 514 g/mol. The van der Waals surface area contributed by atoms with E-state index in [-0.39, 0.29) is 16.9 Å². The van der Waals surface area contributed by atoms with Gasteiger partial charge in [0.1, 0.15) is 18.2 Å². The van der Waals surface area contributed by atoms with E-state index in [9.17, 15) is 20.2 Å². The molecular formula is C26H22BrN3O5. The number of nitro benzene ring substituents is 1. The van der Waals surface area contributed by atoms with Crippen molar-refractivity contribution in [2.45, 2.75) is 20.5 Å². The maximum atomic E-state index is 12.8. The highest BCUT2D eigenvalue weighted by molar-refractivity contribution is 9.10. The Morgan fingerprint density at radius 1 is 1.17 bits per heavy atom. The molecule has 9 heteroatoms. The van der Waals surface area contributed by atoms with Crippen LogP contribution in [-0.2, 0) is 11.4 Å². The second-order valence-electron chi connectivity index (χ2n) is 7.42. The molecule has 0 atom stereocenters. The molecule has 178 valence electrons. The fraction of sp³-hybridized carbons (Fsp3) is 0.154. The number of ether oxygens (including phenoxy) is 2. The molecule has 0 saturated carbocycles. The third-order valence-electron chi connectivity index (χ3n) is 4.91. The Labute approximate surface area is 211 Å². The summed E-state index contributed by atoms with van der Waals surface area (Å²) in [6, 6.07) is 19.1. The summed E-state index contributed by atoms with van der Waals surface area (Å²) in [7, 11) is 0. The molecule has 0 fully saturated rings. The van der Waals surface area contributed by atoms with Gasteiger partial charge in [-0.15, -0.1) is 0 Å². The third kappa shape index (κ3) is 6.68. The molecule has 35 heavy (non-hydrogen) atoms. The lowest BCUT2D eigenvalue weighted by molar-refractivity contribution is -0.384. The molecule has 0 aliphatic carbocycles. The number of halogens is 1. The highest BCUT2D eigenvalue weighted by Crippen LogP contribution is 2.38. The molecule has 0 saturated heterocycles. The molecule has 0 unspecified atom stereocenters. The first kappa shape index (κ1) is 25.5. The first-order chi connectivity index (χ1) is 16.8. The van der Waals surface area contributed by atoms with Crippen LogP contribution in [0.15, 0.2) is 70.7 Å². The van der Waals surface area contributed by atoms with Crippen LogP contribution < -0.4 is 14.8 Å². The summed E-state index contributed by atoms with van der Waals surface area (Å²) in [5.74, 6) is 0.272. The Bertz CT molecular complexity index is 1320. The lowest BCUT2D eigenvalue weighted by atomic mass is 10.1. The van der Waals surface area contributed by atoms with Crippen molar-refractivity contribution in [2.75, 3.05) is 11.9 Å². The van der Waals surface area contributed by atoms with Gasteiger partial charge in [0, 0.05) is 12.1 Å². The van der Waals surface area contributed by atoms with Gasteiger partial charge in [-0.05, 0) is 64.7 Å². The molecule has 3 aromatic rings. The molecule has 8 nitrogen and oxygen atoms in total. The smallest absolute Gasteiger partial charge is 0.271 e. The Morgan fingerprint density at radius 2 is 1.91 bits per heavy atom. The second-order valence-corrected chi connectivity index (χ2v) is 8.27. The molecule has 3 aromatic carbocycles. The SMILES string of the molecule is CCOc1cc(/C=C(\C#N)C(=O)Nc2cc([N+](=O)[O-])ccc2C)cc(Br)c1OCc1ccccc1. The van der Waals surface area contributed by atoms with E-state index in [4.69, 9.17) is 9.47 Å². The number of hydrogen-bond acceptors (Lipinski definition) is 6. The fourth-order valence-electron chi connectivity index (χ4n) is 3.17. The number of nitrogens with one attached hydrogen (secondary N) is 1. The molecule has 1 amide bonds. The second kappa shape index (κ2) is 11.8. The molecule has 0 aromatic heterocycles. The maximum absolute atomic E-state index is 12.8. The van der Waals surface area contributed by atoms with Crippen LogP contribution in [0.2, 0.25) is 0 Å². The lowest BCUT2D eigenvalue weighted by Gasteiger charge is -2.15. The van der Waals surface area contributed by atoms with Crippen LogP contribution in [0.3, 0.4) is 0 Å². The summed E-state index contributed by atoms with van der Waals surface area (Å²) in [5, 5.41) is 23.2. The van der Waals surface area contributed by atoms with Crippen LogP contribution >= 0.6 is 15.9 Å². The number of anilines is 1. The van der Waals surface area contributed by atoms with E-state index in [1.54, 1.807) is 19.1 Å². The molecule has 0 heterocycles. The van der Waals surface area contributed by atoms with Crippen LogP contribution in [0.25, 0.3) is 6.08 Å². The minimum atomic E-state index is -0.686. The summed E-state index contributed by atoms with van der Waals surface area (Å²) in [6.45, 7) is 4.27. The van der Waals surface area contributed by atoms with E-state index >= 15 is 0 Å². The highest BCUT2D eigenvalue weighted by Gasteiger charge is 2.16. The maximum Gasteiger partial charge on any atom is 0.271 e. The largest absolute Gasteiger partial charge is 0.490 e. The van der Waals surface area contributed by atoms with Gasteiger partial charge in [-0.25, -0.2) is 0 Å². The number of carbonyl (C=O) groups is 1.